The third-order valence-electron chi connectivity index (χ3n) is 6.14. The van der Waals surface area contributed by atoms with E-state index in [4.69, 9.17) is 27.9 Å². The number of alkyl halides is 2. The molecule has 170 valence electrons. The highest BCUT2D eigenvalue weighted by atomic mass is 35.5. The SMILES string of the molecule is FC(F)Cn1ncc(Nc2ncc3cc(Cl)c(C4CCN(C5COC5)CC4)cc3n2)c1Cl. The summed E-state index contributed by atoms with van der Waals surface area (Å²) in [6.07, 6.45) is 2.59. The van der Waals surface area contributed by atoms with Crippen LogP contribution >= 0.6 is 23.2 Å². The van der Waals surface area contributed by atoms with Crippen molar-refractivity contribution >= 4 is 45.7 Å². The molecule has 32 heavy (non-hydrogen) atoms. The van der Waals surface area contributed by atoms with E-state index >= 15 is 0 Å². The molecular formula is C21H22Cl2F2N6O. The number of likely N-dealkylation sites (tertiary alicyclic amines) is 1. The first-order valence-electron chi connectivity index (χ1n) is 10.5. The molecule has 2 saturated heterocycles. The average molecular weight is 483 g/mol. The summed E-state index contributed by atoms with van der Waals surface area (Å²) in [6.45, 7) is 3.15. The minimum absolute atomic E-state index is 0.0782. The number of ether oxygens (including phenoxy) is 1. The van der Waals surface area contributed by atoms with Crippen LogP contribution in [0.4, 0.5) is 20.4 Å². The lowest BCUT2D eigenvalue weighted by Gasteiger charge is -2.41. The summed E-state index contributed by atoms with van der Waals surface area (Å²) in [5.74, 6) is 0.682. The molecule has 1 aromatic carbocycles. The molecule has 4 heterocycles. The Bertz CT molecular complexity index is 1120. The van der Waals surface area contributed by atoms with Crippen molar-refractivity contribution in [3.8, 4) is 0 Å². The predicted molar refractivity (Wildman–Crippen MR) is 119 cm³/mol. The molecule has 11 heteroatoms. The number of nitrogens with one attached hydrogen (secondary N) is 1. The quantitative estimate of drug-likeness (QED) is 0.548. The number of halogens is 4. The normalized spacial score (nSPS) is 18.4. The Hall–Kier alpha value is -2.07. The molecule has 0 spiro atoms. The fourth-order valence-electron chi connectivity index (χ4n) is 4.28. The molecule has 0 atom stereocenters. The van der Waals surface area contributed by atoms with Crippen LogP contribution in [-0.4, -0.2) is 63.4 Å². The van der Waals surface area contributed by atoms with Gasteiger partial charge in [-0.3, -0.25) is 4.90 Å². The van der Waals surface area contributed by atoms with Crippen LogP contribution < -0.4 is 5.32 Å². The van der Waals surface area contributed by atoms with Crippen LogP contribution in [0, 0.1) is 0 Å². The maximum atomic E-state index is 12.6. The molecule has 0 aliphatic carbocycles. The summed E-state index contributed by atoms with van der Waals surface area (Å²) in [5.41, 5.74) is 2.22. The largest absolute Gasteiger partial charge is 0.378 e. The minimum Gasteiger partial charge on any atom is -0.378 e. The molecule has 0 unspecified atom stereocenters. The number of rotatable bonds is 6. The zero-order chi connectivity index (χ0) is 22.2. The summed E-state index contributed by atoms with van der Waals surface area (Å²) >= 11 is 12.8. The minimum atomic E-state index is -2.55. The van der Waals surface area contributed by atoms with E-state index in [1.165, 1.54) is 6.20 Å². The van der Waals surface area contributed by atoms with E-state index in [1.807, 2.05) is 12.1 Å². The summed E-state index contributed by atoms with van der Waals surface area (Å²) in [5, 5.41) is 8.49. The molecule has 0 amide bonds. The van der Waals surface area contributed by atoms with E-state index < -0.39 is 13.0 Å². The zero-order valence-electron chi connectivity index (χ0n) is 17.1. The second-order valence-corrected chi connectivity index (χ2v) is 8.94. The molecule has 0 bridgehead atoms. The Kier molecular flexibility index (Phi) is 6.16. The van der Waals surface area contributed by atoms with Gasteiger partial charge in [-0.05, 0) is 49.5 Å². The standard InChI is InChI=1S/C21H22Cl2F2N6O/c22-16-5-13-7-26-21(29-18-8-27-31(20(18)23)9-19(24)25)28-17(13)6-15(16)12-1-3-30(4-2-12)14-10-32-11-14/h5-8,12,14,19H,1-4,9-11H2,(H,26,28,29). The fourth-order valence-corrected chi connectivity index (χ4v) is 4.82. The maximum Gasteiger partial charge on any atom is 0.257 e. The Labute approximate surface area is 193 Å². The third-order valence-corrected chi connectivity index (χ3v) is 6.86. The molecular weight excluding hydrogens is 461 g/mol. The van der Waals surface area contributed by atoms with Crippen LogP contribution in [0.25, 0.3) is 10.9 Å². The molecule has 0 saturated carbocycles. The third kappa shape index (κ3) is 4.39. The van der Waals surface area contributed by atoms with Crippen molar-refractivity contribution in [3.63, 3.8) is 0 Å². The van der Waals surface area contributed by atoms with Crippen LogP contribution in [0.3, 0.4) is 0 Å². The Morgan fingerprint density at radius 1 is 1.16 bits per heavy atom. The van der Waals surface area contributed by atoms with Crippen molar-refractivity contribution < 1.29 is 13.5 Å². The van der Waals surface area contributed by atoms with Crippen molar-refractivity contribution in [1.29, 1.82) is 0 Å². The molecule has 2 aliphatic rings. The van der Waals surface area contributed by atoms with Crippen LogP contribution in [-0.2, 0) is 11.3 Å². The Morgan fingerprint density at radius 3 is 2.62 bits per heavy atom. The lowest BCUT2D eigenvalue weighted by Crippen LogP contribution is -2.51. The predicted octanol–water partition coefficient (Wildman–Crippen LogP) is 4.72. The van der Waals surface area contributed by atoms with Gasteiger partial charge in [0.1, 0.15) is 6.54 Å². The molecule has 5 rings (SSSR count). The van der Waals surface area contributed by atoms with Gasteiger partial charge in [0.15, 0.2) is 5.15 Å². The lowest BCUT2D eigenvalue weighted by molar-refractivity contribution is -0.0712. The van der Waals surface area contributed by atoms with Gasteiger partial charge in [0, 0.05) is 16.6 Å². The zero-order valence-corrected chi connectivity index (χ0v) is 18.7. The number of nitrogens with zero attached hydrogens (tertiary/aromatic N) is 5. The number of fused-ring (bicyclic) bond motifs is 1. The van der Waals surface area contributed by atoms with Crippen LogP contribution in [0.2, 0.25) is 10.2 Å². The van der Waals surface area contributed by atoms with E-state index in [9.17, 15) is 8.78 Å². The highest BCUT2D eigenvalue weighted by Crippen LogP contribution is 2.36. The number of anilines is 2. The molecule has 7 nitrogen and oxygen atoms in total. The van der Waals surface area contributed by atoms with Gasteiger partial charge >= 0.3 is 0 Å². The van der Waals surface area contributed by atoms with Gasteiger partial charge in [0.05, 0.1) is 36.7 Å². The molecule has 1 N–H and O–H groups in total. The summed E-state index contributed by atoms with van der Waals surface area (Å²) < 4.78 is 31.6. The van der Waals surface area contributed by atoms with Crippen LogP contribution in [0.1, 0.15) is 24.3 Å². The number of hydrogen-bond acceptors (Lipinski definition) is 6. The molecule has 2 aromatic heterocycles. The average Bonchev–Trinajstić information content (AvgIpc) is 3.06. The van der Waals surface area contributed by atoms with Gasteiger partial charge < -0.3 is 10.1 Å². The summed E-state index contributed by atoms with van der Waals surface area (Å²) in [6, 6.07) is 4.48. The molecule has 0 radical (unpaired) electrons. The second-order valence-electron chi connectivity index (χ2n) is 8.17. The highest BCUT2D eigenvalue weighted by Gasteiger charge is 2.30. The Morgan fingerprint density at radius 2 is 1.94 bits per heavy atom. The molecule has 3 aromatic rings. The lowest BCUT2D eigenvalue weighted by atomic mass is 9.88. The van der Waals surface area contributed by atoms with Crippen molar-refractivity contribution in [2.24, 2.45) is 0 Å². The van der Waals surface area contributed by atoms with Gasteiger partial charge in [-0.1, -0.05) is 23.2 Å². The van der Waals surface area contributed by atoms with Gasteiger partial charge in [0.25, 0.3) is 6.43 Å². The van der Waals surface area contributed by atoms with Gasteiger partial charge in [0.2, 0.25) is 5.95 Å². The highest BCUT2D eigenvalue weighted by molar-refractivity contribution is 6.32. The summed E-state index contributed by atoms with van der Waals surface area (Å²) in [7, 11) is 0. The smallest absolute Gasteiger partial charge is 0.257 e. The number of hydrogen-bond donors (Lipinski definition) is 1. The van der Waals surface area contributed by atoms with Crippen molar-refractivity contribution in [1.82, 2.24) is 24.6 Å². The van der Waals surface area contributed by atoms with E-state index in [-0.39, 0.29) is 5.15 Å². The Balaban J connectivity index is 1.35. The first kappa shape index (κ1) is 21.8. The topological polar surface area (TPSA) is 68.1 Å². The van der Waals surface area contributed by atoms with Crippen LogP contribution in [0.15, 0.2) is 24.5 Å². The van der Waals surface area contributed by atoms with Crippen molar-refractivity contribution in [3.05, 3.63) is 40.3 Å². The monoisotopic (exact) mass is 482 g/mol. The van der Waals surface area contributed by atoms with E-state index in [0.717, 1.165) is 65.3 Å². The van der Waals surface area contributed by atoms with Crippen molar-refractivity contribution in [2.45, 2.75) is 37.8 Å². The second kappa shape index (κ2) is 9.05. The van der Waals surface area contributed by atoms with E-state index in [2.05, 4.69) is 25.3 Å². The molecule has 2 aliphatic heterocycles. The number of benzene rings is 1. The molecule has 2 fully saturated rings. The van der Waals surface area contributed by atoms with Gasteiger partial charge in [-0.15, -0.1) is 0 Å². The number of aromatic nitrogens is 4. The summed E-state index contributed by atoms with van der Waals surface area (Å²) in [4.78, 5) is 11.4. The fraction of sp³-hybridized carbons (Fsp3) is 0.476. The van der Waals surface area contributed by atoms with Gasteiger partial charge in [-0.2, -0.15) is 5.10 Å². The van der Waals surface area contributed by atoms with Crippen LogP contribution in [0.5, 0.6) is 0 Å². The van der Waals surface area contributed by atoms with E-state index in [0.29, 0.717) is 23.6 Å². The number of piperidine rings is 1. The van der Waals surface area contributed by atoms with E-state index in [1.54, 1.807) is 6.20 Å². The first-order chi connectivity index (χ1) is 15.5. The van der Waals surface area contributed by atoms with Gasteiger partial charge in [-0.25, -0.2) is 23.4 Å². The maximum absolute atomic E-state index is 12.6. The van der Waals surface area contributed by atoms with Crippen molar-refractivity contribution in [2.75, 3.05) is 31.6 Å². The first-order valence-corrected chi connectivity index (χ1v) is 11.3.